The molecule has 14 heteroatoms. The molecule has 4 aromatic rings. The Morgan fingerprint density at radius 3 is 2.87 bits per heavy atom. The molecule has 8 nitrogen and oxygen atoms in total. The Kier molecular flexibility index (Phi) is 7.21. The number of thiophene rings is 1. The number of hydrogen-bond donors (Lipinski definition) is 0. The topological polar surface area (TPSA) is 83.7 Å². The summed E-state index contributed by atoms with van der Waals surface area (Å²) in [5, 5.41) is 11.5. The smallest absolute Gasteiger partial charge is 0.319 e. The van der Waals surface area contributed by atoms with Crippen LogP contribution in [0, 0.1) is 28.9 Å². The molecule has 0 N–H and O–H groups in total. The van der Waals surface area contributed by atoms with Gasteiger partial charge in [-0.25, -0.2) is 17.6 Å². The predicted octanol–water partition coefficient (Wildman–Crippen LogP) is 6.80. The fourth-order valence-electron chi connectivity index (χ4n) is 7.76. The van der Waals surface area contributed by atoms with Crippen molar-refractivity contribution in [3.8, 4) is 29.0 Å². The molecule has 0 bridgehead atoms. The molecule has 4 atom stereocenters. The maximum atomic E-state index is 17.0. The first-order valence-corrected chi connectivity index (χ1v) is 16.4. The summed E-state index contributed by atoms with van der Waals surface area (Å²) in [6.45, 7) is 4.13. The van der Waals surface area contributed by atoms with Crippen molar-refractivity contribution in [3.63, 3.8) is 0 Å². The van der Waals surface area contributed by atoms with E-state index in [0.717, 1.165) is 43.7 Å². The van der Waals surface area contributed by atoms with E-state index in [1.165, 1.54) is 17.5 Å². The van der Waals surface area contributed by atoms with Crippen LogP contribution in [0.15, 0.2) is 17.5 Å². The van der Waals surface area contributed by atoms with Gasteiger partial charge in [0.15, 0.2) is 11.6 Å². The Bertz CT molecular complexity index is 1940. The van der Waals surface area contributed by atoms with Crippen molar-refractivity contribution >= 4 is 49.7 Å². The fourth-order valence-corrected chi connectivity index (χ4v) is 9.02. The van der Waals surface area contributed by atoms with Gasteiger partial charge >= 0.3 is 6.01 Å². The zero-order valence-electron chi connectivity index (χ0n) is 24.7. The molecule has 6 heterocycles. The molecule has 2 aromatic heterocycles. The van der Waals surface area contributed by atoms with Gasteiger partial charge in [0.1, 0.15) is 42.5 Å². The molecular weight excluding hydrogens is 646 g/mol. The van der Waals surface area contributed by atoms with Gasteiger partial charge in [-0.3, -0.25) is 4.90 Å². The second kappa shape index (κ2) is 11.1. The SMILES string of the molecule is C[C@H]1CN2CCC[C@@]2(COc2nc3c4c(c(Cl)c(-c5ccc(F)c6scc(C#N)c56)c(F)c4n2)OCC2COC(C(F)F)CN32)C1. The standard InChI is InChI=1S/C32H28ClF4N5O3S/c1-15-7-32(5-2-6-41(32)9-15)14-45-31-39-26-23-27(44-12-17-11-43-20(29(36)37)10-42(17)30(23)40-31)24(33)22(25(26)35)18-3-4-19(34)28-21(18)16(8-38)13-46-28/h3-4,13,15,17,20,29H,2,5-7,9-12,14H2,1H3/t15-,17?,20?,32+/m1/s1. The van der Waals surface area contributed by atoms with Gasteiger partial charge in [0.25, 0.3) is 6.43 Å². The van der Waals surface area contributed by atoms with Crippen LogP contribution < -0.4 is 14.4 Å². The van der Waals surface area contributed by atoms with E-state index in [0.29, 0.717) is 12.5 Å². The van der Waals surface area contributed by atoms with Gasteiger partial charge in [-0.15, -0.1) is 11.3 Å². The normalized spacial score (nSPS) is 25.9. The van der Waals surface area contributed by atoms with Crippen LogP contribution in [0.3, 0.4) is 0 Å². The largest absolute Gasteiger partial charge is 0.489 e. The van der Waals surface area contributed by atoms with E-state index in [9.17, 15) is 18.4 Å². The maximum absolute atomic E-state index is 17.0. The van der Waals surface area contributed by atoms with Crippen LogP contribution >= 0.6 is 22.9 Å². The molecule has 0 radical (unpaired) electrons. The number of ether oxygens (including phenoxy) is 3. The van der Waals surface area contributed by atoms with E-state index in [1.54, 1.807) is 4.90 Å². The van der Waals surface area contributed by atoms with E-state index in [-0.39, 0.29) is 85.6 Å². The lowest BCUT2D eigenvalue weighted by atomic mass is 9.92. The Balaban J connectivity index is 1.33. The Labute approximate surface area is 270 Å². The number of morpholine rings is 1. The molecule has 0 spiro atoms. The van der Waals surface area contributed by atoms with Crippen LogP contribution in [0.25, 0.3) is 32.1 Å². The monoisotopic (exact) mass is 673 g/mol. The summed E-state index contributed by atoms with van der Waals surface area (Å²) >= 11 is 7.98. The number of nitriles is 1. The summed E-state index contributed by atoms with van der Waals surface area (Å²) in [6.07, 6.45) is -1.20. The highest BCUT2D eigenvalue weighted by Gasteiger charge is 2.48. The number of hydrogen-bond acceptors (Lipinski definition) is 9. The minimum Gasteiger partial charge on any atom is -0.489 e. The van der Waals surface area contributed by atoms with E-state index < -0.39 is 30.2 Å². The van der Waals surface area contributed by atoms with Crippen LogP contribution in [0.5, 0.6) is 11.8 Å². The number of alkyl halides is 2. The Morgan fingerprint density at radius 2 is 2.07 bits per heavy atom. The molecule has 4 aliphatic rings. The first-order valence-electron chi connectivity index (χ1n) is 15.2. The van der Waals surface area contributed by atoms with Crippen LogP contribution in [0.2, 0.25) is 5.02 Å². The number of halogens is 5. The highest BCUT2D eigenvalue weighted by Crippen LogP contribution is 2.51. The third-order valence-electron chi connectivity index (χ3n) is 9.77. The van der Waals surface area contributed by atoms with Crippen LogP contribution in [-0.2, 0) is 4.74 Å². The van der Waals surface area contributed by atoms with Gasteiger partial charge in [0.05, 0.1) is 45.4 Å². The van der Waals surface area contributed by atoms with E-state index >= 15 is 4.39 Å². The van der Waals surface area contributed by atoms with Crippen LogP contribution in [0.1, 0.15) is 31.7 Å². The molecule has 2 aromatic carbocycles. The van der Waals surface area contributed by atoms with Crippen molar-refractivity contribution in [2.24, 2.45) is 5.92 Å². The van der Waals surface area contributed by atoms with Gasteiger partial charge in [-0.05, 0) is 43.4 Å². The van der Waals surface area contributed by atoms with Gasteiger partial charge in [0, 0.05) is 22.9 Å². The molecular formula is C32H28ClF4N5O3S. The van der Waals surface area contributed by atoms with E-state index in [2.05, 4.69) is 22.9 Å². The van der Waals surface area contributed by atoms with E-state index in [4.69, 9.17) is 30.8 Å². The van der Waals surface area contributed by atoms with Gasteiger partial charge in [-0.1, -0.05) is 24.6 Å². The molecule has 4 aliphatic heterocycles. The van der Waals surface area contributed by atoms with Crippen molar-refractivity contribution in [3.05, 3.63) is 39.7 Å². The maximum Gasteiger partial charge on any atom is 0.319 e. The first kappa shape index (κ1) is 29.9. The van der Waals surface area contributed by atoms with Crippen molar-refractivity contribution in [1.82, 2.24) is 14.9 Å². The summed E-state index contributed by atoms with van der Waals surface area (Å²) < 4.78 is 77.7. The minimum absolute atomic E-state index is 0.0148. The fraction of sp³-hybridized carbons (Fsp3) is 0.469. The Hall–Kier alpha value is -3.44. The molecule has 2 unspecified atom stereocenters. The summed E-state index contributed by atoms with van der Waals surface area (Å²) in [6, 6.07) is 4.01. The van der Waals surface area contributed by atoms with Crippen LogP contribution in [0.4, 0.5) is 23.4 Å². The Morgan fingerprint density at radius 1 is 1.22 bits per heavy atom. The number of nitrogens with zero attached hydrogens (tertiary/aromatic N) is 5. The number of rotatable bonds is 5. The van der Waals surface area contributed by atoms with E-state index in [1.807, 2.05) is 0 Å². The number of fused-ring (bicyclic) bond motifs is 4. The second-order valence-corrected chi connectivity index (χ2v) is 13.9. The predicted molar refractivity (Wildman–Crippen MR) is 165 cm³/mol. The average molecular weight is 674 g/mol. The molecule has 3 fully saturated rings. The lowest BCUT2D eigenvalue weighted by molar-refractivity contribution is -0.0755. The number of aromatic nitrogens is 2. The van der Waals surface area contributed by atoms with Gasteiger partial charge < -0.3 is 19.1 Å². The molecule has 46 heavy (non-hydrogen) atoms. The molecule has 3 saturated heterocycles. The third-order valence-corrected chi connectivity index (χ3v) is 11.1. The van der Waals surface area contributed by atoms with Gasteiger partial charge in [0.2, 0.25) is 0 Å². The summed E-state index contributed by atoms with van der Waals surface area (Å²) in [7, 11) is 0. The molecule has 8 rings (SSSR count). The zero-order valence-corrected chi connectivity index (χ0v) is 26.2. The number of benzene rings is 2. The van der Waals surface area contributed by atoms with Gasteiger partial charge in [-0.2, -0.15) is 15.2 Å². The lowest BCUT2D eigenvalue weighted by Crippen LogP contribution is -2.54. The van der Waals surface area contributed by atoms with Crippen LogP contribution in [-0.4, -0.2) is 78.4 Å². The van der Waals surface area contributed by atoms with Crippen molar-refractivity contribution in [1.29, 1.82) is 5.26 Å². The molecule has 0 saturated carbocycles. The van der Waals surface area contributed by atoms with Crippen molar-refractivity contribution in [2.45, 2.75) is 50.3 Å². The lowest BCUT2D eigenvalue weighted by Gasteiger charge is -2.38. The summed E-state index contributed by atoms with van der Waals surface area (Å²) in [5.74, 6) is -0.678. The first-order chi connectivity index (χ1) is 22.2. The minimum atomic E-state index is -2.75. The zero-order chi connectivity index (χ0) is 31.9. The summed E-state index contributed by atoms with van der Waals surface area (Å²) in [5.41, 5.74) is -0.112. The summed E-state index contributed by atoms with van der Waals surface area (Å²) in [4.78, 5) is 13.3. The molecule has 0 aliphatic carbocycles. The number of anilines is 1. The van der Waals surface area contributed by atoms with Crippen molar-refractivity contribution in [2.75, 3.05) is 44.4 Å². The quantitative estimate of drug-likeness (QED) is 0.214. The third kappa shape index (κ3) is 4.52. The molecule has 240 valence electrons. The average Bonchev–Trinajstić information content (AvgIpc) is 3.70. The van der Waals surface area contributed by atoms with Crippen molar-refractivity contribution < 1.29 is 31.8 Å². The molecule has 0 amide bonds. The highest BCUT2D eigenvalue weighted by molar-refractivity contribution is 7.17. The second-order valence-electron chi connectivity index (χ2n) is 12.6. The highest BCUT2D eigenvalue weighted by atomic mass is 35.5.